The van der Waals surface area contributed by atoms with E-state index in [4.69, 9.17) is 0 Å². The third-order valence-corrected chi connectivity index (χ3v) is 10.8. The summed E-state index contributed by atoms with van der Waals surface area (Å²) in [5, 5.41) is 23.9. The van der Waals surface area contributed by atoms with Crippen molar-refractivity contribution in [3.63, 3.8) is 0 Å². The number of β-amino-alcohol motifs (C(OH)–C–C–N with tert-alkyl or cyclic N) is 1. The maximum Gasteiger partial charge on any atom is 0.254 e. The van der Waals surface area contributed by atoms with Crippen LogP contribution in [-0.4, -0.2) is 99.9 Å². The van der Waals surface area contributed by atoms with Crippen molar-refractivity contribution in [1.82, 2.24) is 20.0 Å². The molecule has 2 aliphatic heterocycles. The topological polar surface area (TPSA) is 96.4 Å². The average Bonchev–Trinajstić information content (AvgIpc) is 3.62. The molecule has 3 N–H and O–H groups in total. The van der Waals surface area contributed by atoms with Crippen LogP contribution in [0.2, 0.25) is 0 Å². The third-order valence-electron chi connectivity index (χ3n) is 10.8. The molecule has 220 valence electrons. The standard InChI is InChI=1S/C32H48N4O4/c37-21-20-36-23-33-32(27-6-4-2-1-3-5-7-27)22-26(12-13-28(32)36)24-8-10-25(11-9-24)29(38)34-16-18-35(19-17-34)30(39)31(40)14-15-31/h8-11,26-28,33,37,40H,1-7,12-23H2. The van der Waals surface area contributed by atoms with Crippen molar-refractivity contribution < 1.29 is 19.8 Å². The Balaban J connectivity index is 1.12. The quantitative estimate of drug-likeness (QED) is 0.502. The molecule has 1 aromatic rings. The van der Waals surface area contributed by atoms with Crippen LogP contribution in [-0.2, 0) is 4.79 Å². The Kier molecular flexibility index (Phi) is 8.23. The van der Waals surface area contributed by atoms with Crippen molar-refractivity contribution in [1.29, 1.82) is 0 Å². The van der Waals surface area contributed by atoms with Crippen LogP contribution in [0, 0.1) is 5.92 Å². The maximum atomic E-state index is 13.3. The summed E-state index contributed by atoms with van der Waals surface area (Å²) in [6, 6.07) is 8.83. The van der Waals surface area contributed by atoms with Crippen LogP contribution >= 0.6 is 0 Å². The normalized spacial score (nSPS) is 31.4. The molecule has 0 aromatic heterocycles. The molecule has 3 unspecified atom stereocenters. The lowest BCUT2D eigenvalue weighted by molar-refractivity contribution is -0.143. The SMILES string of the molecule is O=C(c1ccc(C2CCC3N(CCO)CNC3(C3CCCCCCC3)C2)cc1)N1CCN(C(=O)C2(O)CC2)CC1. The second kappa shape index (κ2) is 11.7. The Hall–Kier alpha value is -2.00. The molecule has 40 heavy (non-hydrogen) atoms. The zero-order valence-corrected chi connectivity index (χ0v) is 24.0. The highest BCUT2D eigenvalue weighted by Crippen LogP contribution is 2.49. The Labute approximate surface area is 239 Å². The summed E-state index contributed by atoms with van der Waals surface area (Å²) in [5.74, 6) is 0.995. The van der Waals surface area contributed by atoms with Crippen LogP contribution in [0.4, 0.5) is 0 Å². The zero-order valence-electron chi connectivity index (χ0n) is 24.0. The van der Waals surface area contributed by atoms with Gasteiger partial charge in [0, 0.05) is 56.5 Å². The average molecular weight is 553 g/mol. The molecule has 2 amide bonds. The maximum absolute atomic E-state index is 13.3. The number of piperazine rings is 1. The Morgan fingerprint density at radius 2 is 1.52 bits per heavy atom. The van der Waals surface area contributed by atoms with Gasteiger partial charge in [0.1, 0.15) is 5.60 Å². The molecule has 2 saturated heterocycles. The number of carbonyl (C=O) groups excluding carboxylic acids is 2. The lowest BCUT2D eigenvalue weighted by Gasteiger charge is -2.50. The lowest BCUT2D eigenvalue weighted by Crippen LogP contribution is -2.58. The van der Waals surface area contributed by atoms with E-state index in [-0.39, 0.29) is 24.0 Å². The van der Waals surface area contributed by atoms with Crippen LogP contribution in [0.5, 0.6) is 0 Å². The molecular formula is C32H48N4O4. The van der Waals surface area contributed by atoms with E-state index < -0.39 is 5.60 Å². The predicted octanol–water partition coefficient (Wildman–Crippen LogP) is 3.09. The number of amides is 2. The van der Waals surface area contributed by atoms with E-state index in [9.17, 15) is 19.8 Å². The highest BCUT2D eigenvalue weighted by molar-refractivity contribution is 5.94. The Morgan fingerprint density at radius 1 is 0.875 bits per heavy atom. The molecule has 1 aromatic carbocycles. The first-order valence-electron chi connectivity index (χ1n) is 15.9. The third kappa shape index (κ3) is 5.44. The number of fused-ring (bicyclic) bond motifs is 1. The summed E-state index contributed by atoms with van der Waals surface area (Å²) in [5.41, 5.74) is 1.01. The van der Waals surface area contributed by atoms with Crippen LogP contribution in [0.15, 0.2) is 24.3 Å². The first-order valence-corrected chi connectivity index (χ1v) is 15.9. The van der Waals surface area contributed by atoms with E-state index in [0.717, 1.165) is 32.5 Å². The summed E-state index contributed by atoms with van der Waals surface area (Å²) in [7, 11) is 0. The van der Waals surface area contributed by atoms with E-state index in [1.165, 1.54) is 50.5 Å². The highest BCUT2D eigenvalue weighted by Gasteiger charge is 2.54. The molecule has 5 aliphatic rings. The van der Waals surface area contributed by atoms with E-state index >= 15 is 0 Å². The smallest absolute Gasteiger partial charge is 0.254 e. The molecule has 3 aliphatic carbocycles. The largest absolute Gasteiger partial charge is 0.395 e. The van der Waals surface area contributed by atoms with Gasteiger partial charge in [-0.2, -0.15) is 0 Å². The van der Waals surface area contributed by atoms with Gasteiger partial charge in [0.05, 0.1) is 6.61 Å². The number of carbonyl (C=O) groups is 2. The summed E-state index contributed by atoms with van der Waals surface area (Å²) in [4.78, 5) is 31.8. The molecule has 0 bridgehead atoms. The van der Waals surface area contributed by atoms with Gasteiger partial charge in [0.15, 0.2) is 0 Å². The van der Waals surface area contributed by atoms with E-state index in [1.54, 1.807) is 4.90 Å². The number of rotatable bonds is 6. The molecule has 5 fully saturated rings. The van der Waals surface area contributed by atoms with Crippen molar-refractivity contribution >= 4 is 11.8 Å². The number of nitrogens with one attached hydrogen (secondary N) is 1. The number of nitrogens with zero attached hydrogens (tertiary/aromatic N) is 3. The van der Waals surface area contributed by atoms with Gasteiger partial charge in [0.25, 0.3) is 11.8 Å². The molecule has 0 spiro atoms. The number of hydrogen-bond acceptors (Lipinski definition) is 6. The van der Waals surface area contributed by atoms with E-state index in [1.807, 2.05) is 17.0 Å². The number of hydrogen-bond donors (Lipinski definition) is 3. The van der Waals surface area contributed by atoms with Crippen LogP contribution < -0.4 is 5.32 Å². The summed E-state index contributed by atoms with van der Waals surface area (Å²) < 4.78 is 0. The molecule has 6 rings (SSSR count). The fourth-order valence-electron chi connectivity index (χ4n) is 8.34. The second-order valence-corrected chi connectivity index (χ2v) is 13.2. The van der Waals surface area contributed by atoms with Gasteiger partial charge < -0.3 is 20.0 Å². The number of aliphatic hydroxyl groups is 2. The van der Waals surface area contributed by atoms with Crippen LogP contribution in [0.1, 0.15) is 98.9 Å². The minimum atomic E-state index is -1.14. The molecule has 8 heteroatoms. The zero-order chi connectivity index (χ0) is 27.7. The molecule has 3 atom stereocenters. The fourth-order valence-corrected chi connectivity index (χ4v) is 8.34. The van der Waals surface area contributed by atoms with Crippen LogP contribution in [0.25, 0.3) is 0 Å². The molecular weight excluding hydrogens is 504 g/mol. The fraction of sp³-hybridized carbons (Fsp3) is 0.750. The van der Waals surface area contributed by atoms with Gasteiger partial charge in [-0.05, 0) is 74.5 Å². The first-order chi connectivity index (χ1) is 19.4. The highest BCUT2D eigenvalue weighted by atomic mass is 16.3. The lowest BCUT2D eigenvalue weighted by atomic mass is 9.62. The molecule has 8 nitrogen and oxygen atoms in total. The van der Waals surface area contributed by atoms with Gasteiger partial charge in [0.2, 0.25) is 0 Å². The van der Waals surface area contributed by atoms with Crippen molar-refractivity contribution in [3.8, 4) is 0 Å². The molecule has 0 radical (unpaired) electrons. The van der Waals surface area contributed by atoms with Gasteiger partial charge in [-0.25, -0.2) is 0 Å². The van der Waals surface area contributed by atoms with Crippen molar-refractivity contribution in [2.24, 2.45) is 5.92 Å². The Morgan fingerprint density at radius 3 is 2.17 bits per heavy atom. The Bertz CT molecular complexity index is 1040. The van der Waals surface area contributed by atoms with Gasteiger partial charge in [-0.1, -0.05) is 44.2 Å². The van der Waals surface area contributed by atoms with Gasteiger partial charge in [-0.3, -0.25) is 19.8 Å². The molecule has 2 heterocycles. The predicted molar refractivity (Wildman–Crippen MR) is 154 cm³/mol. The first kappa shape index (κ1) is 28.1. The number of benzene rings is 1. The van der Waals surface area contributed by atoms with Gasteiger partial charge >= 0.3 is 0 Å². The summed E-state index contributed by atoms with van der Waals surface area (Å²) in [6.07, 6.45) is 13.8. The minimum absolute atomic E-state index is 0.0237. The van der Waals surface area contributed by atoms with Crippen molar-refractivity contribution in [2.45, 2.75) is 100 Å². The monoisotopic (exact) mass is 552 g/mol. The second-order valence-electron chi connectivity index (χ2n) is 13.2. The van der Waals surface area contributed by atoms with E-state index in [0.29, 0.717) is 62.5 Å². The molecule has 3 saturated carbocycles. The van der Waals surface area contributed by atoms with E-state index in [2.05, 4.69) is 22.3 Å². The van der Waals surface area contributed by atoms with Crippen molar-refractivity contribution in [2.75, 3.05) is 46.0 Å². The van der Waals surface area contributed by atoms with Crippen LogP contribution in [0.3, 0.4) is 0 Å². The summed E-state index contributed by atoms with van der Waals surface area (Å²) >= 11 is 0. The van der Waals surface area contributed by atoms with Gasteiger partial charge in [-0.15, -0.1) is 0 Å². The summed E-state index contributed by atoms with van der Waals surface area (Å²) in [6.45, 7) is 3.82. The number of aliphatic hydroxyl groups excluding tert-OH is 1. The van der Waals surface area contributed by atoms with Crippen molar-refractivity contribution in [3.05, 3.63) is 35.4 Å². The minimum Gasteiger partial charge on any atom is -0.395 e.